The second kappa shape index (κ2) is 6.67. The Morgan fingerprint density at radius 3 is 3.00 bits per heavy atom. The Morgan fingerprint density at radius 1 is 1.55 bits per heavy atom. The summed E-state index contributed by atoms with van der Waals surface area (Å²) in [5.41, 5.74) is 6.37. The highest BCUT2D eigenvalue weighted by atomic mass is 32.1. The molecule has 0 saturated carbocycles. The van der Waals surface area contributed by atoms with E-state index in [1.54, 1.807) is 7.11 Å². The van der Waals surface area contributed by atoms with E-state index in [-0.39, 0.29) is 11.9 Å². The standard InChI is InChI=1S/C14H19N3O2S/c1-19-12-7-3-2-5-10(12)16-13(18)9-17-8-4-6-11(17)14(15)20/h2-3,5,7,11H,4,6,8-9H2,1H3,(H2,15,20)(H,16,18). The molecule has 1 aliphatic heterocycles. The van der Waals surface area contributed by atoms with Gasteiger partial charge >= 0.3 is 0 Å². The first-order chi connectivity index (χ1) is 9.61. The maximum atomic E-state index is 12.1. The number of carbonyl (C=O) groups excluding carboxylic acids is 1. The van der Waals surface area contributed by atoms with Crippen molar-refractivity contribution < 1.29 is 9.53 Å². The van der Waals surface area contributed by atoms with Crippen LogP contribution < -0.4 is 15.8 Å². The van der Waals surface area contributed by atoms with Crippen LogP contribution in [-0.4, -0.2) is 42.0 Å². The second-order valence-electron chi connectivity index (χ2n) is 4.78. The van der Waals surface area contributed by atoms with Crippen molar-refractivity contribution in [3.8, 4) is 5.75 Å². The average Bonchev–Trinajstić information content (AvgIpc) is 2.87. The zero-order valence-corrected chi connectivity index (χ0v) is 12.3. The molecule has 6 heteroatoms. The molecular formula is C14H19N3O2S. The van der Waals surface area contributed by atoms with Gasteiger partial charge in [0.1, 0.15) is 5.75 Å². The smallest absolute Gasteiger partial charge is 0.238 e. The molecule has 2 rings (SSSR count). The lowest BCUT2D eigenvalue weighted by Crippen LogP contribution is -2.43. The maximum Gasteiger partial charge on any atom is 0.238 e. The van der Waals surface area contributed by atoms with Crippen LogP contribution in [0.1, 0.15) is 12.8 Å². The van der Waals surface area contributed by atoms with E-state index in [1.807, 2.05) is 29.2 Å². The number of anilines is 1. The van der Waals surface area contributed by atoms with Gasteiger partial charge in [-0.3, -0.25) is 9.69 Å². The molecule has 3 N–H and O–H groups in total. The average molecular weight is 293 g/mol. The van der Waals surface area contributed by atoms with Crippen LogP contribution in [-0.2, 0) is 4.79 Å². The fourth-order valence-corrected chi connectivity index (χ4v) is 2.73. The van der Waals surface area contributed by atoms with E-state index in [4.69, 9.17) is 22.7 Å². The summed E-state index contributed by atoms with van der Waals surface area (Å²) in [6.07, 6.45) is 1.95. The van der Waals surface area contributed by atoms with Crippen molar-refractivity contribution in [3.05, 3.63) is 24.3 Å². The number of thiocarbonyl (C=S) groups is 1. The Hall–Kier alpha value is -1.66. The van der Waals surface area contributed by atoms with Gasteiger partial charge in [-0.15, -0.1) is 0 Å². The van der Waals surface area contributed by atoms with Crippen LogP contribution in [0.25, 0.3) is 0 Å². The predicted molar refractivity (Wildman–Crippen MR) is 83.0 cm³/mol. The Balaban J connectivity index is 1.97. The minimum atomic E-state index is -0.0855. The Labute approximate surface area is 124 Å². The molecule has 1 amide bonds. The monoisotopic (exact) mass is 293 g/mol. The third-order valence-electron chi connectivity index (χ3n) is 3.42. The van der Waals surface area contributed by atoms with Gasteiger partial charge < -0.3 is 15.8 Å². The topological polar surface area (TPSA) is 67.6 Å². The highest BCUT2D eigenvalue weighted by Crippen LogP contribution is 2.23. The number of likely N-dealkylation sites (tertiary alicyclic amines) is 1. The molecule has 1 heterocycles. The molecule has 0 aromatic heterocycles. The van der Waals surface area contributed by atoms with Crippen LogP contribution in [0.3, 0.4) is 0 Å². The maximum absolute atomic E-state index is 12.1. The summed E-state index contributed by atoms with van der Waals surface area (Å²) in [5.74, 6) is 0.561. The fourth-order valence-electron chi connectivity index (χ4n) is 2.46. The summed E-state index contributed by atoms with van der Waals surface area (Å²) in [6.45, 7) is 1.14. The van der Waals surface area contributed by atoms with Gasteiger partial charge in [0, 0.05) is 0 Å². The zero-order chi connectivity index (χ0) is 14.5. The van der Waals surface area contributed by atoms with Gasteiger partial charge in [-0.1, -0.05) is 24.4 Å². The van der Waals surface area contributed by atoms with Crippen molar-refractivity contribution in [3.63, 3.8) is 0 Å². The lowest BCUT2D eigenvalue weighted by Gasteiger charge is -2.22. The summed E-state index contributed by atoms with van der Waals surface area (Å²) in [7, 11) is 1.58. The molecule has 1 aliphatic rings. The number of benzene rings is 1. The van der Waals surface area contributed by atoms with Crippen molar-refractivity contribution in [2.24, 2.45) is 5.73 Å². The minimum Gasteiger partial charge on any atom is -0.495 e. The van der Waals surface area contributed by atoms with Crippen LogP contribution in [0.4, 0.5) is 5.69 Å². The summed E-state index contributed by atoms with van der Waals surface area (Å²) in [4.78, 5) is 14.6. The molecule has 1 unspecified atom stereocenters. The van der Waals surface area contributed by atoms with Gasteiger partial charge in [-0.05, 0) is 31.5 Å². The first-order valence-electron chi connectivity index (χ1n) is 6.58. The van der Waals surface area contributed by atoms with E-state index < -0.39 is 0 Å². The first-order valence-corrected chi connectivity index (χ1v) is 6.99. The van der Waals surface area contributed by atoms with Crippen LogP contribution in [0, 0.1) is 0 Å². The second-order valence-corrected chi connectivity index (χ2v) is 5.25. The van der Waals surface area contributed by atoms with Gasteiger partial charge in [-0.2, -0.15) is 0 Å². The number of para-hydroxylation sites is 2. The summed E-state index contributed by atoms with van der Waals surface area (Å²) in [6, 6.07) is 7.37. The van der Waals surface area contributed by atoms with E-state index in [2.05, 4.69) is 5.32 Å². The number of hydrogen-bond acceptors (Lipinski definition) is 4. The molecule has 1 saturated heterocycles. The molecule has 0 aliphatic carbocycles. The fraction of sp³-hybridized carbons (Fsp3) is 0.429. The van der Waals surface area contributed by atoms with Crippen molar-refractivity contribution >= 4 is 28.8 Å². The van der Waals surface area contributed by atoms with E-state index in [9.17, 15) is 4.79 Å². The van der Waals surface area contributed by atoms with Crippen molar-refractivity contribution in [2.75, 3.05) is 25.5 Å². The number of rotatable bonds is 5. The molecule has 0 spiro atoms. The number of nitrogens with zero attached hydrogens (tertiary/aromatic N) is 1. The van der Waals surface area contributed by atoms with Crippen LogP contribution >= 0.6 is 12.2 Å². The van der Waals surface area contributed by atoms with Gasteiger partial charge in [0.15, 0.2) is 0 Å². The highest BCUT2D eigenvalue weighted by molar-refractivity contribution is 7.80. The molecule has 5 nitrogen and oxygen atoms in total. The van der Waals surface area contributed by atoms with Crippen LogP contribution in [0.5, 0.6) is 5.75 Å². The molecule has 1 aromatic carbocycles. The van der Waals surface area contributed by atoms with Crippen molar-refractivity contribution in [1.29, 1.82) is 0 Å². The van der Waals surface area contributed by atoms with E-state index in [1.165, 1.54) is 0 Å². The van der Waals surface area contributed by atoms with Crippen molar-refractivity contribution in [2.45, 2.75) is 18.9 Å². The molecule has 1 aromatic rings. The summed E-state index contributed by atoms with van der Waals surface area (Å²) >= 11 is 5.04. The molecule has 0 radical (unpaired) electrons. The largest absolute Gasteiger partial charge is 0.495 e. The molecule has 1 atom stereocenters. The Morgan fingerprint density at radius 2 is 2.30 bits per heavy atom. The number of amides is 1. The minimum absolute atomic E-state index is 0.0356. The van der Waals surface area contributed by atoms with Gasteiger partial charge in [-0.25, -0.2) is 0 Å². The third-order valence-corrected chi connectivity index (χ3v) is 3.69. The molecule has 20 heavy (non-hydrogen) atoms. The third kappa shape index (κ3) is 3.46. The summed E-state index contributed by atoms with van der Waals surface area (Å²) < 4.78 is 5.21. The van der Waals surface area contributed by atoms with E-state index in [0.29, 0.717) is 23.0 Å². The number of ether oxygens (including phenoxy) is 1. The highest BCUT2D eigenvalue weighted by Gasteiger charge is 2.28. The van der Waals surface area contributed by atoms with E-state index >= 15 is 0 Å². The number of methoxy groups -OCH3 is 1. The number of nitrogens with one attached hydrogen (secondary N) is 1. The zero-order valence-electron chi connectivity index (χ0n) is 11.5. The number of nitrogens with two attached hydrogens (primary N) is 1. The predicted octanol–water partition coefficient (Wildman–Crippen LogP) is 1.38. The van der Waals surface area contributed by atoms with Crippen LogP contribution in [0.15, 0.2) is 24.3 Å². The Bertz CT molecular complexity index is 507. The van der Waals surface area contributed by atoms with E-state index in [0.717, 1.165) is 19.4 Å². The Kier molecular flexibility index (Phi) is 4.92. The SMILES string of the molecule is COc1ccccc1NC(=O)CN1CCCC1C(N)=S. The molecule has 0 bridgehead atoms. The number of hydrogen-bond donors (Lipinski definition) is 2. The van der Waals surface area contributed by atoms with Gasteiger partial charge in [0.25, 0.3) is 0 Å². The van der Waals surface area contributed by atoms with Gasteiger partial charge in [0.05, 0.1) is 30.4 Å². The molecule has 108 valence electrons. The van der Waals surface area contributed by atoms with Crippen LogP contribution in [0.2, 0.25) is 0 Å². The first kappa shape index (κ1) is 14.7. The van der Waals surface area contributed by atoms with Gasteiger partial charge in [0.2, 0.25) is 5.91 Å². The normalized spacial score (nSPS) is 18.8. The lowest BCUT2D eigenvalue weighted by atomic mass is 10.2. The van der Waals surface area contributed by atoms with Crippen molar-refractivity contribution in [1.82, 2.24) is 4.90 Å². The number of carbonyl (C=O) groups is 1. The lowest BCUT2D eigenvalue weighted by molar-refractivity contribution is -0.117. The molecular weight excluding hydrogens is 274 g/mol. The molecule has 1 fully saturated rings. The summed E-state index contributed by atoms with van der Waals surface area (Å²) in [5, 5.41) is 2.86. The quantitative estimate of drug-likeness (QED) is 0.803.